The molecule has 5 heterocycles. The minimum absolute atomic E-state index is 0. The third-order valence-electron chi connectivity index (χ3n) is 10.1. The first-order valence-corrected chi connectivity index (χ1v) is 15.2. The third-order valence-corrected chi connectivity index (χ3v) is 10.1. The number of halogens is 2. The smallest absolute Gasteiger partial charge is 0.319 e. The van der Waals surface area contributed by atoms with Crippen LogP contribution in [0.2, 0.25) is 0 Å². The molecule has 4 aliphatic rings. The Morgan fingerprint density at radius 3 is 2.50 bits per heavy atom. The van der Waals surface area contributed by atoms with E-state index in [-0.39, 0.29) is 29.6 Å². The predicted octanol–water partition coefficient (Wildman–Crippen LogP) is 7.13. The molecule has 217 valence electrons. The van der Waals surface area contributed by atoms with Crippen molar-refractivity contribution in [3.8, 4) is 17.3 Å². The van der Waals surface area contributed by atoms with E-state index in [1.807, 2.05) is 12.1 Å². The van der Waals surface area contributed by atoms with E-state index in [1.165, 1.54) is 12.0 Å². The van der Waals surface area contributed by atoms with Gasteiger partial charge in [0.2, 0.25) is 0 Å². The van der Waals surface area contributed by atoms with Crippen LogP contribution >= 0.6 is 0 Å². The molecule has 0 N–H and O–H groups in total. The SMILES string of the molecule is CC1([C]2C=C2)CCCN(c2nc(OCC34CCCN3CCC4)nc3c(F)c(-c4cccc5cccc(F)c45)ncc23)C1.[HH]. The number of pyridine rings is 1. The summed E-state index contributed by atoms with van der Waals surface area (Å²) in [6.45, 7) is 6.55. The monoisotopic (exact) mass is 568 g/mol. The highest BCUT2D eigenvalue weighted by atomic mass is 19.1. The Bertz CT molecular complexity index is 1730. The molecular formula is C34H36F2N5O. The summed E-state index contributed by atoms with van der Waals surface area (Å²) in [5.74, 6) is 1.02. The third kappa shape index (κ3) is 4.17. The zero-order valence-electron chi connectivity index (χ0n) is 23.9. The average Bonchev–Trinajstić information content (AvgIpc) is 3.68. The lowest BCUT2D eigenvalue weighted by Gasteiger charge is -2.41. The van der Waals surface area contributed by atoms with Gasteiger partial charge in [-0.05, 0) is 68.5 Å². The highest BCUT2D eigenvalue weighted by molar-refractivity contribution is 5.99. The van der Waals surface area contributed by atoms with E-state index in [9.17, 15) is 0 Å². The molecule has 6 nitrogen and oxygen atoms in total. The second-order valence-corrected chi connectivity index (χ2v) is 12.7. The number of benzene rings is 2. The van der Waals surface area contributed by atoms with Gasteiger partial charge in [-0.15, -0.1) is 0 Å². The minimum Gasteiger partial charge on any atom is -0.461 e. The molecule has 0 saturated carbocycles. The van der Waals surface area contributed by atoms with E-state index in [2.05, 4.69) is 38.8 Å². The van der Waals surface area contributed by atoms with Gasteiger partial charge in [0, 0.05) is 37.6 Å². The fourth-order valence-electron chi connectivity index (χ4n) is 7.77. The first-order valence-electron chi connectivity index (χ1n) is 15.2. The Hall–Kier alpha value is -3.65. The van der Waals surface area contributed by atoms with Crippen LogP contribution in [0.4, 0.5) is 14.6 Å². The van der Waals surface area contributed by atoms with Gasteiger partial charge in [-0.1, -0.05) is 49.4 Å². The van der Waals surface area contributed by atoms with Gasteiger partial charge in [-0.25, -0.2) is 8.78 Å². The number of fused-ring (bicyclic) bond motifs is 3. The second-order valence-electron chi connectivity index (χ2n) is 12.7. The summed E-state index contributed by atoms with van der Waals surface area (Å²) in [6, 6.07) is 10.4. The number of ether oxygens (including phenoxy) is 1. The largest absolute Gasteiger partial charge is 0.461 e. The molecule has 3 saturated heterocycles. The van der Waals surface area contributed by atoms with Crippen LogP contribution in [0.1, 0.15) is 46.9 Å². The van der Waals surface area contributed by atoms with Crippen LogP contribution in [-0.2, 0) is 0 Å². The van der Waals surface area contributed by atoms with Crippen molar-refractivity contribution in [1.29, 1.82) is 0 Å². The van der Waals surface area contributed by atoms with E-state index in [1.54, 1.807) is 24.4 Å². The summed E-state index contributed by atoms with van der Waals surface area (Å²) in [4.78, 5) is 18.9. The Labute approximate surface area is 245 Å². The Balaban J connectivity index is 0.00000300. The minimum atomic E-state index is -0.587. The predicted molar refractivity (Wildman–Crippen MR) is 163 cm³/mol. The molecule has 4 aromatic rings. The number of allylic oxidation sites excluding steroid dienone is 2. The number of hydrogen-bond donors (Lipinski definition) is 0. The first kappa shape index (κ1) is 26.0. The van der Waals surface area contributed by atoms with Crippen LogP contribution in [0.3, 0.4) is 0 Å². The summed E-state index contributed by atoms with van der Waals surface area (Å²) in [5, 5.41) is 1.58. The molecule has 1 radical (unpaired) electrons. The van der Waals surface area contributed by atoms with Crippen molar-refractivity contribution in [2.75, 3.05) is 37.7 Å². The number of hydrogen-bond acceptors (Lipinski definition) is 6. The molecule has 2 aromatic heterocycles. The molecule has 1 unspecified atom stereocenters. The molecular weight excluding hydrogens is 532 g/mol. The number of aromatic nitrogens is 3. The van der Waals surface area contributed by atoms with Crippen LogP contribution in [0, 0.1) is 23.0 Å². The lowest BCUT2D eigenvalue weighted by Crippen LogP contribution is -2.44. The molecule has 8 heteroatoms. The van der Waals surface area contributed by atoms with Gasteiger partial charge >= 0.3 is 6.01 Å². The molecule has 3 fully saturated rings. The summed E-state index contributed by atoms with van der Waals surface area (Å²) < 4.78 is 38.0. The zero-order valence-corrected chi connectivity index (χ0v) is 23.9. The number of piperidine rings is 1. The van der Waals surface area contributed by atoms with Gasteiger partial charge in [0.15, 0.2) is 5.82 Å². The lowest BCUT2D eigenvalue weighted by atomic mass is 9.76. The van der Waals surface area contributed by atoms with Crippen LogP contribution in [-0.4, -0.2) is 58.2 Å². The van der Waals surface area contributed by atoms with Gasteiger partial charge in [0.05, 0.1) is 10.9 Å². The summed E-state index contributed by atoms with van der Waals surface area (Å²) >= 11 is 0. The van der Waals surface area contributed by atoms with Crippen molar-refractivity contribution in [2.45, 2.75) is 51.0 Å². The first-order chi connectivity index (χ1) is 20.4. The van der Waals surface area contributed by atoms with Gasteiger partial charge in [-0.2, -0.15) is 9.97 Å². The van der Waals surface area contributed by atoms with Gasteiger partial charge < -0.3 is 9.64 Å². The maximum Gasteiger partial charge on any atom is 0.319 e. The number of nitrogens with zero attached hydrogens (tertiary/aromatic N) is 5. The van der Waals surface area contributed by atoms with Gasteiger partial charge in [-0.3, -0.25) is 9.88 Å². The van der Waals surface area contributed by atoms with Crippen molar-refractivity contribution in [3.63, 3.8) is 0 Å². The van der Waals surface area contributed by atoms with E-state index < -0.39 is 11.6 Å². The molecule has 3 aliphatic heterocycles. The Morgan fingerprint density at radius 2 is 1.71 bits per heavy atom. The molecule has 2 aromatic carbocycles. The molecule has 0 spiro atoms. The molecule has 8 rings (SSSR count). The molecule has 0 bridgehead atoms. The number of anilines is 1. The van der Waals surface area contributed by atoms with E-state index >= 15 is 8.78 Å². The Kier molecular flexibility index (Phi) is 6.00. The highest BCUT2D eigenvalue weighted by Crippen LogP contribution is 2.47. The topological polar surface area (TPSA) is 54.4 Å². The standard InChI is InChI=1S/C34H34F2N5O.H2/c1-33(23-11-12-23)13-4-16-40(20-33)31-25-19-37-29(24-9-2-7-22-8-3-10-26(35)27(22)24)28(36)30(25)38-32(39-31)42-21-34-14-5-17-41(34)18-6-15-34;/h2-3,7-12,19H,4-6,13-18,20-21H2,1H3;1H. The van der Waals surface area contributed by atoms with Crippen molar-refractivity contribution in [3.05, 3.63) is 72.3 Å². The van der Waals surface area contributed by atoms with E-state index in [0.717, 1.165) is 64.7 Å². The van der Waals surface area contributed by atoms with Gasteiger partial charge in [0.1, 0.15) is 29.5 Å². The van der Waals surface area contributed by atoms with Crippen LogP contribution in [0.15, 0.2) is 54.7 Å². The molecule has 1 aliphatic carbocycles. The molecule has 1 atom stereocenters. The van der Waals surface area contributed by atoms with E-state index in [0.29, 0.717) is 34.1 Å². The van der Waals surface area contributed by atoms with Crippen molar-refractivity contribution >= 4 is 27.5 Å². The zero-order chi connectivity index (χ0) is 28.5. The lowest BCUT2D eigenvalue weighted by molar-refractivity contribution is 0.108. The average molecular weight is 569 g/mol. The van der Waals surface area contributed by atoms with Crippen LogP contribution in [0.25, 0.3) is 32.9 Å². The van der Waals surface area contributed by atoms with Crippen molar-refractivity contribution < 1.29 is 14.9 Å². The number of rotatable bonds is 6. The summed E-state index contributed by atoms with van der Waals surface area (Å²) in [7, 11) is 0. The van der Waals surface area contributed by atoms with Crippen molar-refractivity contribution in [1.82, 2.24) is 19.9 Å². The summed E-state index contributed by atoms with van der Waals surface area (Å²) in [6.07, 6.45) is 12.6. The van der Waals surface area contributed by atoms with E-state index in [4.69, 9.17) is 9.72 Å². The maximum atomic E-state index is 16.6. The highest BCUT2D eigenvalue weighted by Gasteiger charge is 2.45. The molecule has 0 amide bonds. The normalized spacial score (nSPS) is 23.6. The summed E-state index contributed by atoms with van der Waals surface area (Å²) in [5.41, 5.74) is 0.673. The second kappa shape index (κ2) is 9.69. The van der Waals surface area contributed by atoms with Crippen LogP contribution in [0.5, 0.6) is 6.01 Å². The van der Waals surface area contributed by atoms with Crippen molar-refractivity contribution in [2.24, 2.45) is 5.41 Å². The Morgan fingerprint density at radius 1 is 0.952 bits per heavy atom. The quantitative estimate of drug-likeness (QED) is 0.247. The molecule has 42 heavy (non-hydrogen) atoms. The van der Waals surface area contributed by atoms with Gasteiger partial charge in [0.25, 0.3) is 0 Å². The fourth-order valence-corrected chi connectivity index (χ4v) is 7.77. The fraction of sp³-hybridized carbons (Fsp3) is 0.412. The van der Waals surface area contributed by atoms with Crippen LogP contribution < -0.4 is 9.64 Å². The maximum absolute atomic E-state index is 16.6.